The molecule has 0 atom stereocenters. The second-order valence-electron chi connectivity index (χ2n) is 4.36. The van der Waals surface area contributed by atoms with Crippen LogP contribution in [0.2, 0.25) is 0 Å². The quantitative estimate of drug-likeness (QED) is 0.432. The molecule has 23 heavy (non-hydrogen) atoms. The van der Waals surface area contributed by atoms with E-state index in [9.17, 15) is 33.4 Å². The molecule has 0 saturated heterocycles. The average Bonchev–Trinajstić information content (AvgIpc) is 2.44. The molecule has 0 spiro atoms. The lowest BCUT2D eigenvalue weighted by atomic mass is 10.1. The van der Waals surface area contributed by atoms with Gasteiger partial charge in [0.1, 0.15) is 0 Å². The molecule has 0 saturated carbocycles. The fourth-order valence-corrected chi connectivity index (χ4v) is 1.94. The van der Waals surface area contributed by atoms with Gasteiger partial charge in [-0.15, -0.1) is 13.2 Å². The maximum atomic E-state index is 12.8. The SMILES string of the molecule is C=CCN(CC=C)c1c([N+](=O)[O-])cc(C(F)(F)F)cc1[N+](=O)[O-]. The molecule has 0 N–H and O–H groups in total. The monoisotopic (exact) mass is 331 g/mol. The van der Waals surface area contributed by atoms with E-state index in [1.165, 1.54) is 12.2 Å². The van der Waals surface area contributed by atoms with Crippen molar-refractivity contribution < 1.29 is 23.0 Å². The van der Waals surface area contributed by atoms with Gasteiger partial charge in [0.15, 0.2) is 5.69 Å². The molecule has 0 heterocycles. The Morgan fingerprint density at radius 2 is 1.43 bits per heavy atom. The predicted octanol–water partition coefficient (Wildman–Crippen LogP) is 3.70. The van der Waals surface area contributed by atoms with Crippen molar-refractivity contribution in [1.29, 1.82) is 0 Å². The Morgan fingerprint density at radius 1 is 1.04 bits per heavy atom. The maximum absolute atomic E-state index is 12.8. The van der Waals surface area contributed by atoms with Crippen molar-refractivity contribution in [2.24, 2.45) is 0 Å². The van der Waals surface area contributed by atoms with E-state index in [1.54, 1.807) is 0 Å². The highest BCUT2D eigenvalue weighted by atomic mass is 19.4. The van der Waals surface area contributed by atoms with E-state index >= 15 is 0 Å². The number of hydrogen-bond donors (Lipinski definition) is 0. The van der Waals surface area contributed by atoms with E-state index in [1.807, 2.05) is 0 Å². The molecule has 1 aromatic rings. The zero-order chi connectivity index (χ0) is 17.8. The van der Waals surface area contributed by atoms with Crippen LogP contribution in [0.15, 0.2) is 37.4 Å². The molecule has 0 aliphatic rings. The molecule has 0 aliphatic carbocycles. The lowest BCUT2D eigenvalue weighted by Gasteiger charge is -2.21. The third kappa shape index (κ3) is 4.05. The van der Waals surface area contributed by atoms with Crippen LogP contribution in [-0.2, 0) is 6.18 Å². The van der Waals surface area contributed by atoms with Crippen LogP contribution >= 0.6 is 0 Å². The molecule has 10 heteroatoms. The largest absolute Gasteiger partial charge is 0.416 e. The fourth-order valence-electron chi connectivity index (χ4n) is 1.94. The minimum absolute atomic E-state index is 0.0426. The van der Waals surface area contributed by atoms with Gasteiger partial charge in [0.2, 0.25) is 0 Å². The molecule has 0 bridgehead atoms. The number of benzene rings is 1. The van der Waals surface area contributed by atoms with Crippen LogP contribution in [0.4, 0.5) is 30.2 Å². The number of nitro groups is 2. The van der Waals surface area contributed by atoms with Gasteiger partial charge in [0.25, 0.3) is 11.4 Å². The lowest BCUT2D eigenvalue weighted by molar-refractivity contribution is -0.393. The molecular weight excluding hydrogens is 319 g/mol. The highest BCUT2D eigenvalue weighted by Crippen LogP contribution is 2.43. The van der Waals surface area contributed by atoms with Crippen LogP contribution in [0, 0.1) is 20.2 Å². The van der Waals surface area contributed by atoms with Crippen LogP contribution in [0.3, 0.4) is 0 Å². The van der Waals surface area contributed by atoms with E-state index in [2.05, 4.69) is 13.2 Å². The summed E-state index contributed by atoms with van der Waals surface area (Å²) in [7, 11) is 0. The van der Waals surface area contributed by atoms with E-state index in [0.29, 0.717) is 0 Å². The van der Waals surface area contributed by atoms with Crippen LogP contribution in [0.25, 0.3) is 0 Å². The normalized spacial score (nSPS) is 10.9. The van der Waals surface area contributed by atoms with E-state index in [4.69, 9.17) is 0 Å². The first kappa shape index (κ1) is 18.1. The van der Waals surface area contributed by atoms with Gasteiger partial charge in [0, 0.05) is 25.2 Å². The topological polar surface area (TPSA) is 89.5 Å². The molecule has 1 rings (SSSR count). The number of nitrogens with zero attached hydrogens (tertiary/aromatic N) is 3. The first-order chi connectivity index (χ1) is 10.6. The zero-order valence-corrected chi connectivity index (χ0v) is 11.7. The molecule has 1 aromatic carbocycles. The maximum Gasteiger partial charge on any atom is 0.416 e. The Balaban J connectivity index is 3.76. The van der Waals surface area contributed by atoms with Gasteiger partial charge in [-0.2, -0.15) is 13.2 Å². The summed E-state index contributed by atoms with van der Waals surface area (Å²) in [6, 6.07) is 0.559. The predicted molar refractivity (Wildman–Crippen MR) is 77.4 cm³/mol. The number of anilines is 1. The molecule has 0 radical (unpaired) electrons. The Bertz CT molecular complexity index is 613. The Morgan fingerprint density at radius 3 is 1.70 bits per heavy atom. The highest BCUT2D eigenvalue weighted by Gasteiger charge is 2.38. The first-order valence-corrected chi connectivity index (χ1v) is 6.14. The van der Waals surface area contributed by atoms with E-state index in [-0.39, 0.29) is 25.2 Å². The van der Waals surface area contributed by atoms with Crippen molar-refractivity contribution in [1.82, 2.24) is 0 Å². The smallest absolute Gasteiger partial charge is 0.353 e. The molecule has 7 nitrogen and oxygen atoms in total. The summed E-state index contributed by atoms with van der Waals surface area (Å²) in [5.74, 6) is 0. The van der Waals surface area contributed by atoms with Crippen LogP contribution in [-0.4, -0.2) is 22.9 Å². The van der Waals surface area contributed by atoms with Crippen molar-refractivity contribution in [2.45, 2.75) is 6.18 Å². The van der Waals surface area contributed by atoms with E-state index in [0.717, 1.165) is 4.90 Å². The third-order valence-corrected chi connectivity index (χ3v) is 2.81. The molecular formula is C13H12F3N3O4. The minimum atomic E-state index is -4.95. The summed E-state index contributed by atoms with van der Waals surface area (Å²) in [6.07, 6.45) is -2.32. The number of nitro benzene ring substituents is 2. The summed E-state index contributed by atoms with van der Waals surface area (Å²) in [6.45, 7) is 6.75. The Labute approximate surface area is 128 Å². The summed E-state index contributed by atoms with van der Waals surface area (Å²) in [4.78, 5) is 21.2. The van der Waals surface area contributed by atoms with Crippen LogP contribution in [0.5, 0.6) is 0 Å². The highest BCUT2D eigenvalue weighted by molar-refractivity contribution is 5.76. The standard InChI is InChI=1S/C13H12F3N3O4/c1-3-5-17(6-4-2)12-10(18(20)21)7-9(13(14,15)16)8-11(12)19(22)23/h3-4,7-8H,1-2,5-6H2. The van der Waals surface area contributed by atoms with Gasteiger partial charge in [-0.1, -0.05) is 12.2 Å². The first-order valence-electron chi connectivity index (χ1n) is 6.14. The molecule has 0 aliphatic heterocycles. The zero-order valence-electron chi connectivity index (χ0n) is 11.7. The molecule has 0 fully saturated rings. The van der Waals surface area contributed by atoms with Crippen molar-refractivity contribution in [3.63, 3.8) is 0 Å². The molecule has 0 amide bonds. The number of hydrogen-bond acceptors (Lipinski definition) is 5. The summed E-state index contributed by atoms with van der Waals surface area (Å²) in [5, 5.41) is 22.3. The van der Waals surface area contributed by atoms with Crippen molar-refractivity contribution in [2.75, 3.05) is 18.0 Å². The summed E-state index contributed by atoms with van der Waals surface area (Å²) < 4.78 is 38.4. The Hall–Kier alpha value is -2.91. The molecule has 124 valence electrons. The van der Waals surface area contributed by atoms with Gasteiger partial charge in [0.05, 0.1) is 15.4 Å². The van der Waals surface area contributed by atoms with Gasteiger partial charge < -0.3 is 4.90 Å². The number of alkyl halides is 3. The summed E-state index contributed by atoms with van der Waals surface area (Å²) in [5.41, 5.74) is -3.99. The fraction of sp³-hybridized carbons (Fsp3) is 0.231. The number of rotatable bonds is 7. The summed E-state index contributed by atoms with van der Waals surface area (Å²) >= 11 is 0. The van der Waals surface area contributed by atoms with Gasteiger partial charge in [-0.05, 0) is 0 Å². The second kappa shape index (κ2) is 6.90. The van der Waals surface area contributed by atoms with Crippen LogP contribution < -0.4 is 4.90 Å². The third-order valence-electron chi connectivity index (χ3n) is 2.81. The van der Waals surface area contributed by atoms with Crippen molar-refractivity contribution in [3.8, 4) is 0 Å². The Kier molecular flexibility index (Phi) is 5.44. The van der Waals surface area contributed by atoms with Crippen molar-refractivity contribution >= 4 is 17.1 Å². The second-order valence-corrected chi connectivity index (χ2v) is 4.36. The van der Waals surface area contributed by atoms with Crippen LogP contribution in [0.1, 0.15) is 5.56 Å². The number of halogens is 3. The molecule has 0 unspecified atom stereocenters. The van der Waals surface area contributed by atoms with Gasteiger partial charge >= 0.3 is 6.18 Å². The molecule has 0 aromatic heterocycles. The minimum Gasteiger partial charge on any atom is -0.353 e. The van der Waals surface area contributed by atoms with Gasteiger partial charge in [-0.25, -0.2) is 0 Å². The van der Waals surface area contributed by atoms with Gasteiger partial charge in [-0.3, -0.25) is 20.2 Å². The lowest BCUT2D eigenvalue weighted by Crippen LogP contribution is -2.25. The van der Waals surface area contributed by atoms with Crippen molar-refractivity contribution in [3.05, 3.63) is 63.2 Å². The van der Waals surface area contributed by atoms with E-state index < -0.39 is 38.6 Å². The average molecular weight is 331 g/mol.